The molecule has 0 aliphatic heterocycles. The standard InChI is InChI=1S/C23H22N3.ClH/c1-17(2)14-26-21-11-7-6-10-19(21)20-12-13-24-16-25(15-22(24)23(20)26)18-8-4-3-5-9-18;/h3-13,15-17H,14H2,1-2H3;1H/q+1;/p-1. The number of benzene rings is 2. The van der Waals surface area contributed by atoms with Gasteiger partial charge in [0.25, 0.3) is 6.33 Å². The Morgan fingerprint density at radius 2 is 1.63 bits per heavy atom. The van der Waals surface area contributed by atoms with E-state index in [0.29, 0.717) is 5.92 Å². The van der Waals surface area contributed by atoms with Gasteiger partial charge in [-0.3, -0.25) is 0 Å². The zero-order chi connectivity index (χ0) is 17.7. The predicted octanol–water partition coefficient (Wildman–Crippen LogP) is 1.98. The Balaban J connectivity index is 0.00000180. The Morgan fingerprint density at radius 3 is 2.41 bits per heavy atom. The molecule has 0 fully saturated rings. The van der Waals surface area contributed by atoms with E-state index in [0.717, 1.165) is 6.54 Å². The number of aromatic nitrogens is 3. The molecule has 5 aromatic rings. The third-order valence-electron chi connectivity index (χ3n) is 5.04. The van der Waals surface area contributed by atoms with E-state index in [4.69, 9.17) is 0 Å². The van der Waals surface area contributed by atoms with E-state index >= 15 is 0 Å². The third kappa shape index (κ3) is 2.79. The zero-order valence-corrected chi connectivity index (χ0v) is 16.3. The van der Waals surface area contributed by atoms with Gasteiger partial charge in [-0.05, 0) is 30.2 Å². The van der Waals surface area contributed by atoms with Gasteiger partial charge >= 0.3 is 0 Å². The molecule has 0 aliphatic rings. The number of hydrogen-bond acceptors (Lipinski definition) is 0. The van der Waals surface area contributed by atoms with Crippen molar-refractivity contribution in [2.24, 2.45) is 5.92 Å². The van der Waals surface area contributed by atoms with E-state index in [9.17, 15) is 0 Å². The smallest absolute Gasteiger partial charge is 0.254 e. The predicted molar refractivity (Wildman–Crippen MR) is 107 cm³/mol. The molecule has 3 aromatic heterocycles. The lowest BCUT2D eigenvalue weighted by atomic mass is 10.2. The van der Waals surface area contributed by atoms with Crippen molar-refractivity contribution in [3.8, 4) is 5.69 Å². The number of hydrogen-bond donors (Lipinski definition) is 0. The van der Waals surface area contributed by atoms with Crippen molar-refractivity contribution >= 4 is 27.3 Å². The van der Waals surface area contributed by atoms with Crippen molar-refractivity contribution in [1.29, 1.82) is 0 Å². The second-order valence-electron chi connectivity index (χ2n) is 7.38. The first-order valence-corrected chi connectivity index (χ1v) is 9.21. The summed E-state index contributed by atoms with van der Waals surface area (Å²) in [6, 6.07) is 21.5. The Bertz CT molecular complexity index is 1230. The first-order valence-electron chi connectivity index (χ1n) is 9.21. The minimum Gasteiger partial charge on any atom is -1.00 e. The van der Waals surface area contributed by atoms with Gasteiger partial charge in [-0.15, -0.1) is 0 Å². The molecule has 0 bridgehead atoms. The minimum absolute atomic E-state index is 0. The van der Waals surface area contributed by atoms with Crippen molar-refractivity contribution in [3.05, 3.63) is 79.4 Å². The highest BCUT2D eigenvalue weighted by Crippen LogP contribution is 2.31. The summed E-state index contributed by atoms with van der Waals surface area (Å²) in [5.74, 6) is 0.588. The summed E-state index contributed by atoms with van der Waals surface area (Å²) < 4.78 is 6.91. The van der Waals surface area contributed by atoms with Gasteiger partial charge in [0.2, 0.25) is 0 Å². The SMILES string of the molecule is CC(C)Cn1c2ccccc2c2cc[n+]3cn(-c4ccccc4)cc3c21.[Cl-]. The molecule has 2 aromatic carbocycles. The van der Waals surface area contributed by atoms with Crippen LogP contribution in [0.3, 0.4) is 0 Å². The quantitative estimate of drug-likeness (QED) is 0.428. The van der Waals surface area contributed by atoms with E-state index in [-0.39, 0.29) is 12.4 Å². The molecule has 0 radical (unpaired) electrons. The number of rotatable bonds is 3. The summed E-state index contributed by atoms with van der Waals surface area (Å²) in [5.41, 5.74) is 5.05. The van der Waals surface area contributed by atoms with Crippen LogP contribution in [0.15, 0.2) is 79.4 Å². The van der Waals surface area contributed by atoms with Crippen LogP contribution in [0.5, 0.6) is 0 Å². The lowest BCUT2D eigenvalue weighted by Gasteiger charge is -2.09. The Morgan fingerprint density at radius 1 is 0.889 bits per heavy atom. The van der Waals surface area contributed by atoms with Crippen LogP contribution in [0.25, 0.3) is 33.0 Å². The van der Waals surface area contributed by atoms with E-state index in [1.807, 2.05) is 0 Å². The number of para-hydroxylation sites is 2. The average molecular weight is 376 g/mol. The molecule has 0 saturated heterocycles. The highest BCUT2D eigenvalue weighted by atomic mass is 35.5. The summed E-state index contributed by atoms with van der Waals surface area (Å²) in [6.07, 6.45) is 6.57. The van der Waals surface area contributed by atoms with Gasteiger partial charge in [0, 0.05) is 22.8 Å². The zero-order valence-electron chi connectivity index (χ0n) is 15.5. The molecular formula is C23H22ClN3. The van der Waals surface area contributed by atoms with Gasteiger partial charge in [0.15, 0.2) is 5.52 Å². The first-order chi connectivity index (χ1) is 12.7. The van der Waals surface area contributed by atoms with Gasteiger partial charge in [0.05, 0.1) is 6.20 Å². The number of pyridine rings is 1. The number of fused-ring (bicyclic) bond motifs is 5. The summed E-state index contributed by atoms with van der Waals surface area (Å²) in [5, 5.41) is 2.66. The van der Waals surface area contributed by atoms with Crippen molar-refractivity contribution in [2.45, 2.75) is 20.4 Å². The number of nitrogens with zero attached hydrogens (tertiary/aromatic N) is 3. The molecule has 0 atom stereocenters. The third-order valence-corrected chi connectivity index (χ3v) is 5.04. The maximum Gasteiger partial charge on any atom is 0.254 e. The summed E-state index contributed by atoms with van der Waals surface area (Å²) in [7, 11) is 0. The van der Waals surface area contributed by atoms with Gasteiger partial charge in [-0.2, -0.15) is 0 Å². The molecule has 0 saturated carbocycles. The molecular weight excluding hydrogens is 354 g/mol. The maximum absolute atomic E-state index is 2.49. The molecule has 5 rings (SSSR count). The van der Waals surface area contributed by atoms with Crippen molar-refractivity contribution in [2.75, 3.05) is 0 Å². The second kappa shape index (κ2) is 6.75. The molecule has 0 aliphatic carbocycles. The van der Waals surface area contributed by atoms with Crippen LogP contribution >= 0.6 is 0 Å². The summed E-state index contributed by atoms with van der Waals surface area (Å²) in [6.45, 7) is 5.58. The maximum atomic E-state index is 2.49. The van der Waals surface area contributed by atoms with Crippen LogP contribution in [0, 0.1) is 5.92 Å². The van der Waals surface area contributed by atoms with E-state index in [1.165, 1.54) is 33.0 Å². The molecule has 136 valence electrons. The highest BCUT2D eigenvalue weighted by Gasteiger charge is 2.19. The van der Waals surface area contributed by atoms with E-state index in [2.05, 4.69) is 107 Å². The normalized spacial score (nSPS) is 11.5. The topological polar surface area (TPSA) is 14.0 Å². The van der Waals surface area contributed by atoms with E-state index in [1.54, 1.807) is 0 Å². The molecule has 27 heavy (non-hydrogen) atoms. The Hall–Kier alpha value is -2.78. The summed E-state index contributed by atoms with van der Waals surface area (Å²) >= 11 is 0. The Kier molecular flexibility index (Phi) is 4.40. The molecule has 4 heteroatoms. The molecule has 3 nitrogen and oxygen atoms in total. The molecule has 0 unspecified atom stereocenters. The molecule has 3 heterocycles. The van der Waals surface area contributed by atoms with Crippen molar-refractivity contribution < 1.29 is 16.8 Å². The lowest BCUT2D eigenvalue weighted by molar-refractivity contribution is -0.510. The number of imidazole rings is 1. The fraction of sp³-hybridized carbons (Fsp3) is 0.174. The van der Waals surface area contributed by atoms with Crippen LogP contribution in [-0.2, 0) is 6.54 Å². The van der Waals surface area contributed by atoms with Gasteiger partial charge in [-0.1, -0.05) is 50.2 Å². The van der Waals surface area contributed by atoms with Crippen molar-refractivity contribution in [3.63, 3.8) is 0 Å². The molecule has 0 N–H and O–H groups in total. The number of halogens is 1. The van der Waals surface area contributed by atoms with E-state index < -0.39 is 0 Å². The summed E-state index contributed by atoms with van der Waals surface area (Å²) in [4.78, 5) is 0. The Labute approximate surface area is 164 Å². The fourth-order valence-electron chi connectivity index (χ4n) is 3.96. The second-order valence-corrected chi connectivity index (χ2v) is 7.38. The average Bonchev–Trinajstić information content (AvgIpc) is 3.22. The lowest BCUT2D eigenvalue weighted by Crippen LogP contribution is -3.00. The molecule has 0 amide bonds. The largest absolute Gasteiger partial charge is 1.00 e. The van der Waals surface area contributed by atoms with Crippen LogP contribution in [0.2, 0.25) is 0 Å². The monoisotopic (exact) mass is 375 g/mol. The van der Waals surface area contributed by atoms with Gasteiger partial charge < -0.3 is 17.0 Å². The highest BCUT2D eigenvalue weighted by molar-refractivity contribution is 6.11. The van der Waals surface area contributed by atoms with Crippen LogP contribution in [-0.4, -0.2) is 9.13 Å². The van der Waals surface area contributed by atoms with Crippen LogP contribution in [0.1, 0.15) is 13.8 Å². The van der Waals surface area contributed by atoms with Gasteiger partial charge in [-0.25, -0.2) is 8.97 Å². The minimum atomic E-state index is 0. The van der Waals surface area contributed by atoms with Crippen molar-refractivity contribution in [1.82, 2.24) is 9.13 Å². The molecule has 0 spiro atoms. The van der Waals surface area contributed by atoms with Crippen LogP contribution in [0.4, 0.5) is 0 Å². The fourth-order valence-corrected chi connectivity index (χ4v) is 3.96. The van der Waals surface area contributed by atoms with Gasteiger partial charge in [0.1, 0.15) is 17.4 Å². The first kappa shape index (κ1) is 17.6. The van der Waals surface area contributed by atoms with Crippen LogP contribution < -0.4 is 16.8 Å².